The molecular weight excluding hydrogens is 442 g/mol. The Morgan fingerprint density at radius 3 is 2.42 bits per heavy atom. The molecule has 33 heavy (non-hydrogen) atoms. The van der Waals surface area contributed by atoms with Crippen LogP contribution < -0.4 is 0 Å². The molecule has 2 aliphatic heterocycles. The summed E-state index contributed by atoms with van der Waals surface area (Å²) in [4.78, 5) is 14.5. The van der Waals surface area contributed by atoms with Crippen molar-refractivity contribution in [3.05, 3.63) is 11.8 Å². The molecule has 2 heterocycles. The van der Waals surface area contributed by atoms with Gasteiger partial charge in [-0.05, 0) is 52.5 Å². The molecule has 0 aliphatic carbocycles. The van der Waals surface area contributed by atoms with E-state index in [0.29, 0.717) is 17.7 Å². The predicted octanol–water partition coefficient (Wildman–Crippen LogP) is 4.26. The summed E-state index contributed by atoms with van der Waals surface area (Å²) >= 11 is 4.49. The summed E-state index contributed by atoms with van der Waals surface area (Å²) in [6.07, 6.45) is 2.31. The van der Waals surface area contributed by atoms with Crippen molar-refractivity contribution >= 4 is 18.6 Å². The highest BCUT2D eigenvalue weighted by Gasteiger charge is 2.47. The lowest BCUT2D eigenvalue weighted by molar-refractivity contribution is -0.284. The maximum absolute atomic E-state index is 12.3. The molecule has 0 saturated carbocycles. The Bertz CT molecular complexity index is 698. The van der Waals surface area contributed by atoms with Gasteiger partial charge in [0.25, 0.3) is 0 Å². The van der Waals surface area contributed by atoms with Gasteiger partial charge in [-0.25, -0.2) is 4.79 Å². The number of ether oxygens (including phenoxy) is 5. The fourth-order valence-corrected chi connectivity index (χ4v) is 5.21. The lowest BCUT2D eigenvalue weighted by Crippen LogP contribution is -2.55. The average molecular weight is 488 g/mol. The van der Waals surface area contributed by atoms with Gasteiger partial charge in [-0.3, -0.25) is 0 Å². The first-order valence-electron chi connectivity index (χ1n) is 12.0. The number of methoxy groups -OCH3 is 1. The van der Waals surface area contributed by atoms with Crippen LogP contribution in [0.15, 0.2) is 11.8 Å². The summed E-state index contributed by atoms with van der Waals surface area (Å²) in [6.45, 7) is 13.9. The molecular formula is C25H45NO6S. The highest BCUT2D eigenvalue weighted by Crippen LogP contribution is 2.40. The summed E-state index contributed by atoms with van der Waals surface area (Å²) in [5, 5.41) is 0. The van der Waals surface area contributed by atoms with Crippen LogP contribution in [-0.2, 0) is 28.5 Å². The molecule has 192 valence electrons. The summed E-state index contributed by atoms with van der Waals surface area (Å²) in [6, 6.07) is 0.332. The van der Waals surface area contributed by atoms with E-state index in [1.165, 1.54) is 6.08 Å². The Kier molecular flexibility index (Phi) is 9.73. The first kappa shape index (κ1) is 28.4. The van der Waals surface area contributed by atoms with E-state index in [2.05, 4.69) is 59.3 Å². The zero-order chi connectivity index (χ0) is 25.1. The first-order chi connectivity index (χ1) is 15.2. The van der Waals surface area contributed by atoms with Crippen LogP contribution in [0.4, 0.5) is 0 Å². The molecule has 0 aromatic rings. The summed E-state index contributed by atoms with van der Waals surface area (Å²) in [7, 11) is 5.90. The number of carbonyl (C=O) groups is 1. The molecule has 0 bridgehead atoms. The topological polar surface area (TPSA) is 66.5 Å². The number of cyclic esters (lactones) is 1. The molecule has 1 fully saturated rings. The molecule has 0 amide bonds. The second kappa shape index (κ2) is 11.3. The Hall–Kier alpha value is -0.800. The van der Waals surface area contributed by atoms with Crippen molar-refractivity contribution in [3.8, 4) is 0 Å². The molecule has 2 rings (SSSR count). The van der Waals surface area contributed by atoms with Gasteiger partial charge in [0.05, 0.1) is 23.9 Å². The number of carbonyl (C=O) groups excluding carboxylic acids is 1. The molecule has 2 unspecified atom stereocenters. The standard InChI is InChI=1S/C25H45NO6S/c1-15(14-33)13-25(7,28-10)22(18(4)20-12-21(27)32-24(5,6)31-20)30-23-17(3)19(26(8)9)11-16(2)29-23/h12,15-19,22-23,33H,11,13-14H2,1-10H3/t15-,16-,17?,18-,19?,22-,23+,25-/m1/s1. The van der Waals surface area contributed by atoms with Crippen molar-refractivity contribution in [2.75, 3.05) is 27.0 Å². The van der Waals surface area contributed by atoms with Gasteiger partial charge in [0, 0.05) is 38.8 Å². The van der Waals surface area contributed by atoms with Crippen molar-refractivity contribution in [2.45, 2.75) is 97.2 Å². The zero-order valence-electron chi connectivity index (χ0n) is 22.1. The van der Waals surface area contributed by atoms with Crippen LogP contribution in [-0.4, -0.2) is 73.8 Å². The highest BCUT2D eigenvalue weighted by atomic mass is 32.1. The summed E-state index contributed by atoms with van der Waals surface area (Å²) < 4.78 is 30.6. The van der Waals surface area contributed by atoms with Crippen LogP contribution >= 0.6 is 12.6 Å². The van der Waals surface area contributed by atoms with Crippen molar-refractivity contribution in [1.29, 1.82) is 0 Å². The largest absolute Gasteiger partial charge is 0.456 e. The summed E-state index contributed by atoms with van der Waals surface area (Å²) in [5.74, 6) is -0.0215. The van der Waals surface area contributed by atoms with Crippen LogP contribution in [0.2, 0.25) is 0 Å². The fourth-order valence-electron chi connectivity index (χ4n) is 5.08. The van der Waals surface area contributed by atoms with Gasteiger partial charge in [0.1, 0.15) is 5.76 Å². The minimum Gasteiger partial charge on any atom is -0.456 e. The predicted molar refractivity (Wildman–Crippen MR) is 132 cm³/mol. The molecule has 0 radical (unpaired) electrons. The molecule has 1 saturated heterocycles. The van der Waals surface area contributed by atoms with Gasteiger partial charge in [-0.15, -0.1) is 0 Å². The van der Waals surface area contributed by atoms with E-state index in [1.54, 1.807) is 21.0 Å². The van der Waals surface area contributed by atoms with E-state index in [4.69, 9.17) is 23.7 Å². The van der Waals surface area contributed by atoms with Crippen LogP contribution in [0.1, 0.15) is 61.3 Å². The number of thiol groups is 1. The van der Waals surface area contributed by atoms with Crippen molar-refractivity contribution < 1.29 is 28.5 Å². The highest BCUT2D eigenvalue weighted by molar-refractivity contribution is 7.80. The third kappa shape index (κ3) is 7.10. The van der Waals surface area contributed by atoms with Crippen LogP contribution in [0, 0.1) is 17.8 Å². The van der Waals surface area contributed by atoms with Gasteiger partial charge in [-0.2, -0.15) is 12.6 Å². The van der Waals surface area contributed by atoms with E-state index < -0.39 is 29.8 Å². The molecule has 7 nitrogen and oxygen atoms in total. The second-order valence-corrected chi connectivity index (χ2v) is 11.1. The van der Waals surface area contributed by atoms with E-state index in [-0.39, 0.29) is 17.9 Å². The van der Waals surface area contributed by atoms with Gasteiger partial charge >= 0.3 is 5.97 Å². The van der Waals surface area contributed by atoms with Crippen molar-refractivity contribution in [2.24, 2.45) is 17.8 Å². The molecule has 8 heteroatoms. The van der Waals surface area contributed by atoms with E-state index in [1.807, 2.05) is 6.92 Å². The Labute approximate surface area is 205 Å². The van der Waals surface area contributed by atoms with Gasteiger partial charge < -0.3 is 28.6 Å². The Morgan fingerprint density at radius 2 is 1.91 bits per heavy atom. The SMILES string of the molecule is CO[C@](C)(C[C@@H](C)CS)[C@H](O[C@@H]1O[C@H](C)CC(N(C)C)C1C)[C@H](C)C1=CC(=O)OC(C)(C)O1. The molecule has 0 spiro atoms. The maximum atomic E-state index is 12.3. The molecule has 8 atom stereocenters. The lowest BCUT2D eigenvalue weighted by atomic mass is 9.81. The van der Waals surface area contributed by atoms with Crippen LogP contribution in [0.25, 0.3) is 0 Å². The molecule has 0 N–H and O–H groups in total. The number of hydrogen-bond donors (Lipinski definition) is 1. The van der Waals surface area contributed by atoms with E-state index in [0.717, 1.165) is 18.6 Å². The maximum Gasteiger partial charge on any atom is 0.337 e. The minimum atomic E-state index is -1.04. The van der Waals surface area contributed by atoms with Gasteiger partial charge in [-0.1, -0.05) is 20.8 Å². The number of rotatable bonds is 10. The van der Waals surface area contributed by atoms with Crippen LogP contribution in [0.3, 0.4) is 0 Å². The normalized spacial score (nSPS) is 32.2. The summed E-state index contributed by atoms with van der Waals surface area (Å²) in [5.41, 5.74) is -0.658. The third-order valence-corrected chi connectivity index (χ3v) is 7.55. The minimum absolute atomic E-state index is 0.0683. The van der Waals surface area contributed by atoms with E-state index in [9.17, 15) is 4.79 Å². The Balaban J connectivity index is 2.43. The second-order valence-electron chi connectivity index (χ2n) is 10.8. The zero-order valence-corrected chi connectivity index (χ0v) is 23.0. The lowest BCUT2D eigenvalue weighted by Gasteiger charge is -2.48. The number of esters is 1. The smallest absolute Gasteiger partial charge is 0.337 e. The number of nitrogens with zero attached hydrogens (tertiary/aromatic N) is 1. The molecule has 0 aromatic heterocycles. The first-order valence-corrected chi connectivity index (χ1v) is 12.6. The molecule has 0 aromatic carbocycles. The van der Waals surface area contributed by atoms with Gasteiger partial charge in [0.15, 0.2) is 6.29 Å². The quantitative estimate of drug-likeness (QED) is 0.365. The van der Waals surface area contributed by atoms with Crippen molar-refractivity contribution in [3.63, 3.8) is 0 Å². The fraction of sp³-hybridized carbons (Fsp3) is 0.880. The van der Waals surface area contributed by atoms with Crippen LogP contribution in [0.5, 0.6) is 0 Å². The van der Waals surface area contributed by atoms with E-state index >= 15 is 0 Å². The Morgan fingerprint density at radius 1 is 1.27 bits per heavy atom. The number of hydrogen-bond acceptors (Lipinski definition) is 8. The third-order valence-electron chi connectivity index (χ3n) is 6.93. The average Bonchev–Trinajstić information content (AvgIpc) is 2.71. The monoisotopic (exact) mass is 487 g/mol. The molecule has 2 aliphatic rings. The van der Waals surface area contributed by atoms with Gasteiger partial charge in [0.2, 0.25) is 5.79 Å². The van der Waals surface area contributed by atoms with Crippen molar-refractivity contribution in [1.82, 2.24) is 4.90 Å².